The molecule has 4 rings (SSSR count). The highest BCUT2D eigenvalue weighted by Crippen LogP contribution is 2.25. The number of nitrogens with zero attached hydrogens (tertiary/aromatic N) is 4. The van der Waals surface area contributed by atoms with Crippen LogP contribution in [0, 0.1) is 6.92 Å². The number of carbonyl (C=O) groups is 1. The van der Waals surface area contributed by atoms with Gasteiger partial charge in [-0.2, -0.15) is 0 Å². The molecule has 3 heterocycles. The lowest BCUT2D eigenvalue weighted by molar-refractivity contribution is -0.122. The summed E-state index contributed by atoms with van der Waals surface area (Å²) in [4.78, 5) is 23.7. The zero-order valence-electron chi connectivity index (χ0n) is 14.6. The standard InChI is InChI=1S/C19H24N4O2/c1-15-13-20-18(25-15)14-21-9-11-22(12-10-21)17-7-8-23(19(17)24)16-5-3-2-4-6-16/h2-6,13,17H,7-12,14H2,1H3. The van der Waals surface area contributed by atoms with Gasteiger partial charge in [0.25, 0.3) is 0 Å². The molecule has 1 aromatic heterocycles. The molecule has 6 nitrogen and oxygen atoms in total. The number of hydrogen-bond acceptors (Lipinski definition) is 5. The number of anilines is 1. The molecule has 0 bridgehead atoms. The summed E-state index contributed by atoms with van der Waals surface area (Å²) in [5.74, 6) is 1.87. The largest absolute Gasteiger partial charge is 0.445 e. The zero-order chi connectivity index (χ0) is 17.2. The predicted octanol–water partition coefficient (Wildman–Crippen LogP) is 1.91. The van der Waals surface area contributed by atoms with E-state index in [1.165, 1.54) is 0 Å². The normalized spacial score (nSPS) is 22.7. The van der Waals surface area contributed by atoms with Gasteiger partial charge in [-0.3, -0.25) is 14.6 Å². The number of rotatable bonds is 4. The van der Waals surface area contributed by atoms with Crippen LogP contribution in [0.5, 0.6) is 0 Å². The van der Waals surface area contributed by atoms with Gasteiger partial charge in [0, 0.05) is 38.4 Å². The van der Waals surface area contributed by atoms with E-state index in [0.29, 0.717) is 0 Å². The van der Waals surface area contributed by atoms with E-state index in [-0.39, 0.29) is 11.9 Å². The maximum absolute atomic E-state index is 12.8. The molecule has 6 heteroatoms. The smallest absolute Gasteiger partial charge is 0.244 e. The van der Waals surface area contributed by atoms with Gasteiger partial charge in [0.2, 0.25) is 11.8 Å². The third kappa shape index (κ3) is 3.45. The molecule has 1 amide bonds. The number of para-hydroxylation sites is 1. The van der Waals surface area contributed by atoms with Crippen LogP contribution in [-0.4, -0.2) is 59.5 Å². The monoisotopic (exact) mass is 340 g/mol. The number of amides is 1. The lowest BCUT2D eigenvalue weighted by Gasteiger charge is -2.36. The molecule has 0 saturated carbocycles. The predicted molar refractivity (Wildman–Crippen MR) is 95.3 cm³/mol. The summed E-state index contributed by atoms with van der Waals surface area (Å²) in [6.07, 6.45) is 2.67. The first kappa shape index (κ1) is 16.3. The van der Waals surface area contributed by atoms with E-state index in [2.05, 4.69) is 14.8 Å². The second kappa shape index (κ2) is 6.98. The number of piperazine rings is 1. The third-order valence-corrected chi connectivity index (χ3v) is 5.12. The highest BCUT2D eigenvalue weighted by molar-refractivity contribution is 5.99. The third-order valence-electron chi connectivity index (χ3n) is 5.12. The quantitative estimate of drug-likeness (QED) is 0.851. The van der Waals surface area contributed by atoms with E-state index in [0.717, 1.165) is 63.0 Å². The van der Waals surface area contributed by atoms with E-state index < -0.39 is 0 Å². The van der Waals surface area contributed by atoms with Crippen molar-refractivity contribution >= 4 is 11.6 Å². The van der Waals surface area contributed by atoms with Gasteiger partial charge in [-0.25, -0.2) is 4.98 Å². The van der Waals surface area contributed by atoms with Crippen molar-refractivity contribution < 1.29 is 9.21 Å². The molecule has 25 heavy (non-hydrogen) atoms. The SMILES string of the molecule is Cc1cnc(CN2CCN(C3CCN(c4ccccc4)C3=O)CC2)o1. The summed E-state index contributed by atoms with van der Waals surface area (Å²) < 4.78 is 5.57. The van der Waals surface area contributed by atoms with Crippen LogP contribution >= 0.6 is 0 Å². The van der Waals surface area contributed by atoms with Gasteiger partial charge < -0.3 is 9.32 Å². The zero-order valence-corrected chi connectivity index (χ0v) is 14.6. The average Bonchev–Trinajstić information content (AvgIpc) is 3.22. The van der Waals surface area contributed by atoms with Gasteiger partial charge in [0.1, 0.15) is 5.76 Å². The number of aryl methyl sites for hydroxylation is 1. The molecule has 2 aliphatic rings. The van der Waals surface area contributed by atoms with Crippen molar-refractivity contribution in [1.29, 1.82) is 0 Å². The Morgan fingerprint density at radius 2 is 1.88 bits per heavy atom. The van der Waals surface area contributed by atoms with Crippen molar-refractivity contribution in [3.8, 4) is 0 Å². The first-order valence-electron chi connectivity index (χ1n) is 8.95. The minimum absolute atomic E-state index is 0.0198. The molecule has 2 fully saturated rings. The van der Waals surface area contributed by atoms with Crippen LogP contribution in [0.15, 0.2) is 40.9 Å². The number of aromatic nitrogens is 1. The van der Waals surface area contributed by atoms with Crippen LogP contribution in [0.1, 0.15) is 18.1 Å². The molecule has 132 valence electrons. The van der Waals surface area contributed by atoms with E-state index >= 15 is 0 Å². The fourth-order valence-electron chi connectivity index (χ4n) is 3.77. The molecule has 2 saturated heterocycles. The second-order valence-electron chi connectivity index (χ2n) is 6.81. The molecule has 0 spiro atoms. The van der Waals surface area contributed by atoms with Crippen LogP contribution in [-0.2, 0) is 11.3 Å². The topological polar surface area (TPSA) is 52.8 Å². The van der Waals surface area contributed by atoms with E-state index in [1.54, 1.807) is 6.20 Å². The van der Waals surface area contributed by atoms with E-state index in [9.17, 15) is 4.79 Å². The molecule has 1 aromatic carbocycles. The molecular formula is C19H24N4O2. The first-order valence-corrected chi connectivity index (χ1v) is 8.95. The highest BCUT2D eigenvalue weighted by Gasteiger charge is 2.37. The number of carbonyl (C=O) groups excluding carboxylic acids is 1. The highest BCUT2D eigenvalue weighted by atomic mass is 16.4. The van der Waals surface area contributed by atoms with Crippen LogP contribution in [0.2, 0.25) is 0 Å². The summed E-state index contributed by atoms with van der Waals surface area (Å²) in [6, 6.07) is 9.99. The summed E-state index contributed by atoms with van der Waals surface area (Å²) in [5, 5.41) is 0. The van der Waals surface area contributed by atoms with Crippen molar-refractivity contribution in [2.45, 2.75) is 25.9 Å². The Hall–Kier alpha value is -2.18. The molecule has 2 aromatic rings. The van der Waals surface area contributed by atoms with Crippen molar-refractivity contribution in [3.63, 3.8) is 0 Å². The van der Waals surface area contributed by atoms with Gasteiger partial charge in [0.05, 0.1) is 18.8 Å². The summed E-state index contributed by atoms with van der Waals surface area (Å²) in [6.45, 7) is 7.18. The molecule has 0 N–H and O–H groups in total. The molecular weight excluding hydrogens is 316 g/mol. The maximum Gasteiger partial charge on any atom is 0.244 e. The Bertz CT molecular complexity index is 722. The summed E-state index contributed by atoms with van der Waals surface area (Å²) in [5.41, 5.74) is 1.01. The minimum Gasteiger partial charge on any atom is -0.445 e. The fraction of sp³-hybridized carbons (Fsp3) is 0.474. The minimum atomic E-state index is 0.0198. The Morgan fingerprint density at radius 3 is 2.56 bits per heavy atom. The van der Waals surface area contributed by atoms with Crippen LogP contribution in [0.25, 0.3) is 0 Å². The molecule has 0 radical (unpaired) electrons. The summed E-state index contributed by atoms with van der Waals surface area (Å²) in [7, 11) is 0. The number of oxazole rings is 1. The number of benzene rings is 1. The van der Waals surface area contributed by atoms with Gasteiger partial charge in [-0.05, 0) is 25.5 Å². The first-order chi connectivity index (χ1) is 12.2. The Balaban J connectivity index is 1.33. The number of hydrogen-bond donors (Lipinski definition) is 0. The Labute approximate surface area is 148 Å². The maximum atomic E-state index is 12.8. The second-order valence-corrected chi connectivity index (χ2v) is 6.81. The van der Waals surface area contributed by atoms with E-state index in [1.807, 2.05) is 42.2 Å². The lowest BCUT2D eigenvalue weighted by Crippen LogP contribution is -2.52. The van der Waals surface area contributed by atoms with Crippen molar-refractivity contribution in [1.82, 2.24) is 14.8 Å². The fourth-order valence-corrected chi connectivity index (χ4v) is 3.77. The van der Waals surface area contributed by atoms with Crippen molar-refractivity contribution in [3.05, 3.63) is 48.2 Å². The average molecular weight is 340 g/mol. The Kier molecular flexibility index (Phi) is 4.55. The van der Waals surface area contributed by atoms with Gasteiger partial charge in [-0.15, -0.1) is 0 Å². The lowest BCUT2D eigenvalue weighted by atomic mass is 10.2. The Morgan fingerprint density at radius 1 is 1.12 bits per heavy atom. The van der Waals surface area contributed by atoms with Crippen molar-refractivity contribution in [2.75, 3.05) is 37.6 Å². The van der Waals surface area contributed by atoms with Crippen LogP contribution in [0.3, 0.4) is 0 Å². The van der Waals surface area contributed by atoms with Crippen LogP contribution in [0.4, 0.5) is 5.69 Å². The van der Waals surface area contributed by atoms with Gasteiger partial charge >= 0.3 is 0 Å². The van der Waals surface area contributed by atoms with Gasteiger partial charge in [-0.1, -0.05) is 18.2 Å². The molecule has 1 unspecified atom stereocenters. The summed E-state index contributed by atoms with van der Waals surface area (Å²) >= 11 is 0. The molecule has 0 aliphatic carbocycles. The molecule has 1 atom stereocenters. The molecule has 2 aliphatic heterocycles. The van der Waals surface area contributed by atoms with Crippen LogP contribution < -0.4 is 4.90 Å². The van der Waals surface area contributed by atoms with E-state index in [4.69, 9.17) is 4.42 Å². The van der Waals surface area contributed by atoms with Gasteiger partial charge in [0.15, 0.2) is 0 Å². The van der Waals surface area contributed by atoms with Crippen molar-refractivity contribution in [2.24, 2.45) is 0 Å².